The number of likely N-dealkylation sites (N-methyl/N-ethyl adjacent to an activating group) is 2. The molecule has 96 valence electrons. The number of hydrogen-bond donors (Lipinski definition) is 0. The highest BCUT2D eigenvalue weighted by Crippen LogP contribution is 1.94. The molecule has 0 saturated carbocycles. The van der Waals surface area contributed by atoms with E-state index < -0.39 is 0 Å². The molecule has 1 fully saturated rings. The Kier molecular flexibility index (Phi) is 7.76. The molecule has 0 aromatic heterocycles. The summed E-state index contributed by atoms with van der Waals surface area (Å²) in [5.41, 5.74) is 0. The van der Waals surface area contributed by atoms with E-state index in [9.17, 15) is 0 Å². The summed E-state index contributed by atoms with van der Waals surface area (Å²) in [5.74, 6) is 0. The first-order valence-corrected chi connectivity index (χ1v) is 6.47. The summed E-state index contributed by atoms with van der Waals surface area (Å²) in [5, 5.41) is 0. The van der Waals surface area contributed by atoms with Crippen molar-refractivity contribution in [1.82, 2.24) is 9.80 Å². The second kappa shape index (κ2) is 8.93. The summed E-state index contributed by atoms with van der Waals surface area (Å²) in [6.45, 7) is 14.0. The summed E-state index contributed by atoms with van der Waals surface area (Å²) >= 11 is 0. The average Bonchev–Trinajstić information content (AvgIpc) is 2.30. The van der Waals surface area contributed by atoms with Crippen LogP contribution in [0.3, 0.4) is 0 Å². The van der Waals surface area contributed by atoms with Gasteiger partial charge in [-0.05, 0) is 13.1 Å². The fraction of sp³-hybridized carbons (Fsp3) is 1.00. The molecule has 0 aliphatic carbocycles. The Morgan fingerprint density at radius 3 is 1.25 bits per heavy atom. The molecule has 1 rings (SSSR count). The zero-order chi connectivity index (χ0) is 11.6. The Balaban J connectivity index is 2.27. The highest BCUT2D eigenvalue weighted by Gasteiger charge is 2.06. The molecule has 0 unspecified atom stereocenters. The van der Waals surface area contributed by atoms with Crippen LogP contribution in [0.2, 0.25) is 0 Å². The topological polar surface area (TPSA) is 24.9 Å². The maximum absolute atomic E-state index is 5.65. The van der Waals surface area contributed by atoms with E-state index >= 15 is 0 Å². The van der Waals surface area contributed by atoms with E-state index in [0.717, 1.165) is 65.7 Å². The smallest absolute Gasteiger partial charge is 0.0594 e. The third-order valence-electron chi connectivity index (χ3n) is 3.10. The molecule has 16 heavy (non-hydrogen) atoms. The van der Waals surface area contributed by atoms with Crippen molar-refractivity contribution < 1.29 is 9.47 Å². The SMILES string of the molecule is CCN1CCOCCN(CC)CCOCC1. The second-order valence-corrected chi connectivity index (χ2v) is 4.09. The van der Waals surface area contributed by atoms with Gasteiger partial charge in [0.2, 0.25) is 0 Å². The average molecular weight is 230 g/mol. The molecule has 0 spiro atoms. The van der Waals surface area contributed by atoms with Gasteiger partial charge in [-0.25, -0.2) is 0 Å². The normalized spacial score (nSPS) is 23.6. The molecule has 0 amide bonds. The quantitative estimate of drug-likeness (QED) is 0.696. The molecule has 0 aromatic rings. The monoisotopic (exact) mass is 230 g/mol. The van der Waals surface area contributed by atoms with E-state index in [0.29, 0.717) is 0 Å². The molecule has 1 heterocycles. The van der Waals surface area contributed by atoms with Crippen LogP contribution in [0.15, 0.2) is 0 Å². The lowest BCUT2D eigenvalue weighted by Crippen LogP contribution is -2.35. The third kappa shape index (κ3) is 5.80. The molecule has 0 bridgehead atoms. The van der Waals surface area contributed by atoms with Gasteiger partial charge in [-0.3, -0.25) is 9.80 Å². The van der Waals surface area contributed by atoms with Crippen LogP contribution in [0.25, 0.3) is 0 Å². The molecule has 1 saturated heterocycles. The van der Waals surface area contributed by atoms with Gasteiger partial charge in [0.1, 0.15) is 0 Å². The maximum Gasteiger partial charge on any atom is 0.0594 e. The zero-order valence-corrected chi connectivity index (χ0v) is 10.8. The highest BCUT2D eigenvalue weighted by molar-refractivity contribution is 4.58. The third-order valence-corrected chi connectivity index (χ3v) is 3.10. The lowest BCUT2D eigenvalue weighted by Gasteiger charge is -2.24. The van der Waals surface area contributed by atoms with Gasteiger partial charge in [0, 0.05) is 26.2 Å². The maximum atomic E-state index is 5.65. The Morgan fingerprint density at radius 1 is 0.688 bits per heavy atom. The lowest BCUT2D eigenvalue weighted by atomic mass is 10.4. The van der Waals surface area contributed by atoms with Crippen molar-refractivity contribution in [2.24, 2.45) is 0 Å². The molecule has 0 radical (unpaired) electrons. The standard InChI is InChI=1S/C12H26N2O2/c1-3-13-5-9-15-11-7-14(4-2)8-12-16-10-6-13/h3-12H2,1-2H3. The summed E-state index contributed by atoms with van der Waals surface area (Å²) in [4.78, 5) is 4.75. The van der Waals surface area contributed by atoms with Crippen molar-refractivity contribution in [2.45, 2.75) is 13.8 Å². The summed E-state index contributed by atoms with van der Waals surface area (Å²) in [6.07, 6.45) is 0. The summed E-state index contributed by atoms with van der Waals surface area (Å²) in [7, 11) is 0. The molecular weight excluding hydrogens is 204 g/mol. The molecule has 0 atom stereocenters. The molecule has 1 aliphatic heterocycles. The van der Waals surface area contributed by atoms with Gasteiger partial charge in [-0.15, -0.1) is 0 Å². The minimum absolute atomic E-state index is 0.839. The van der Waals surface area contributed by atoms with Gasteiger partial charge in [0.25, 0.3) is 0 Å². The zero-order valence-electron chi connectivity index (χ0n) is 10.8. The van der Waals surface area contributed by atoms with Gasteiger partial charge in [-0.1, -0.05) is 13.8 Å². The summed E-state index contributed by atoms with van der Waals surface area (Å²) in [6, 6.07) is 0. The van der Waals surface area contributed by atoms with Crippen molar-refractivity contribution in [2.75, 3.05) is 65.7 Å². The van der Waals surface area contributed by atoms with Crippen LogP contribution in [-0.2, 0) is 9.47 Å². The Labute approximate surface area is 99.5 Å². The van der Waals surface area contributed by atoms with Crippen molar-refractivity contribution in [3.63, 3.8) is 0 Å². The first-order valence-electron chi connectivity index (χ1n) is 6.47. The van der Waals surface area contributed by atoms with E-state index in [1.54, 1.807) is 0 Å². The Bertz CT molecular complexity index is 137. The fourth-order valence-corrected chi connectivity index (χ4v) is 1.83. The second-order valence-electron chi connectivity index (χ2n) is 4.09. The van der Waals surface area contributed by atoms with Crippen LogP contribution in [0, 0.1) is 0 Å². The molecule has 4 heteroatoms. The van der Waals surface area contributed by atoms with Crippen molar-refractivity contribution in [3.05, 3.63) is 0 Å². The van der Waals surface area contributed by atoms with Crippen LogP contribution in [0.4, 0.5) is 0 Å². The van der Waals surface area contributed by atoms with Crippen molar-refractivity contribution in [1.29, 1.82) is 0 Å². The Hall–Kier alpha value is -0.160. The molecule has 0 aromatic carbocycles. The van der Waals surface area contributed by atoms with Gasteiger partial charge < -0.3 is 9.47 Å². The first kappa shape index (κ1) is 13.9. The predicted molar refractivity (Wildman–Crippen MR) is 65.9 cm³/mol. The van der Waals surface area contributed by atoms with E-state index in [1.165, 1.54) is 0 Å². The van der Waals surface area contributed by atoms with Crippen LogP contribution < -0.4 is 0 Å². The Morgan fingerprint density at radius 2 is 1.00 bits per heavy atom. The molecular formula is C12H26N2O2. The minimum Gasteiger partial charge on any atom is -0.379 e. The van der Waals surface area contributed by atoms with E-state index in [-0.39, 0.29) is 0 Å². The van der Waals surface area contributed by atoms with Crippen LogP contribution in [0.1, 0.15) is 13.8 Å². The van der Waals surface area contributed by atoms with E-state index in [2.05, 4.69) is 23.6 Å². The lowest BCUT2D eigenvalue weighted by molar-refractivity contribution is 0.0405. The van der Waals surface area contributed by atoms with Gasteiger partial charge >= 0.3 is 0 Å². The van der Waals surface area contributed by atoms with Crippen molar-refractivity contribution >= 4 is 0 Å². The first-order chi connectivity index (χ1) is 7.86. The van der Waals surface area contributed by atoms with Crippen LogP contribution in [-0.4, -0.2) is 75.5 Å². The molecule has 1 aliphatic rings. The summed E-state index contributed by atoms with van der Waals surface area (Å²) < 4.78 is 11.3. The van der Waals surface area contributed by atoms with Gasteiger partial charge in [-0.2, -0.15) is 0 Å². The minimum atomic E-state index is 0.839. The predicted octanol–water partition coefficient (Wildman–Crippen LogP) is 0.677. The van der Waals surface area contributed by atoms with E-state index in [4.69, 9.17) is 9.47 Å². The fourth-order valence-electron chi connectivity index (χ4n) is 1.83. The molecule has 0 N–H and O–H groups in total. The number of nitrogens with zero attached hydrogens (tertiary/aromatic N) is 2. The highest BCUT2D eigenvalue weighted by atomic mass is 16.5. The van der Waals surface area contributed by atoms with Crippen molar-refractivity contribution in [3.8, 4) is 0 Å². The largest absolute Gasteiger partial charge is 0.379 e. The number of ether oxygens (including phenoxy) is 2. The van der Waals surface area contributed by atoms with Gasteiger partial charge in [0.05, 0.1) is 26.4 Å². The number of rotatable bonds is 2. The van der Waals surface area contributed by atoms with E-state index in [1.807, 2.05) is 0 Å². The van der Waals surface area contributed by atoms with Crippen LogP contribution >= 0.6 is 0 Å². The van der Waals surface area contributed by atoms with Crippen LogP contribution in [0.5, 0.6) is 0 Å². The molecule has 4 nitrogen and oxygen atoms in total. The number of hydrogen-bond acceptors (Lipinski definition) is 4. The van der Waals surface area contributed by atoms with Gasteiger partial charge in [0.15, 0.2) is 0 Å².